The van der Waals surface area contributed by atoms with Gasteiger partial charge >= 0.3 is 0 Å². The van der Waals surface area contributed by atoms with Crippen LogP contribution < -0.4 is 0 Å². The van der Waals surface area contributed by atoms with E-state index in [-0.39, 0.29) is 11.6 Å². The average molecular weight is 330 g/mol. The summed E-state index contributed by atoms with van der Waals surface area (Å²) in [6.45, 7) is 2.34. The van der Waals surface area contributed by atoms with Crippen molar-refractivity contribution in [3.05, 3.63) is 71.4 Å². The molecule has 1 N–H and O–H groups in total. The van der Waals surface area contributed by atoms with E-state index in [1.54, 1.807) is 31.2 Å². The summed E-state index contributed by atoms with van der Waals surface area (Å²) < 4.78 is 0. The number of hydrogen-bond acceptors (Lipinski definition) is 3. The molecule has 0 radical (unpaired) electrons. The van der Waals surface area contributed by atoms with Crippen molar-refractivity contribution in [3.8, 4) is 0 Å². The van der Waals surface area contributed by atoms with Crippen molar-refractivity contribution in [1.82, 2.24) is 4.98 Å². The molecule has 4 heteroatoms. The van der Waals surface area contributed by atoms with Gasteiger partial charge in [-0.05, 0) is 25.0 Å². The molecule has 25 heavy (non-hydrogen) atoms. The number of rotatable bonds is 4. The van der Waals surface area contributed by atoms with E-state index in [0.717, 1.165) is 11.9 Å². The fraction of sp³-hybridized carbons (Fsp3) is 0.190. The Morgan fingerprint density at radius 1 is 1.00 bits per heavy atom. The van der Waals surface area contributed by atoms with Crippen molar-refractivity contribution < 1.29 is 9.59 Å². The Morgan fingerprint density at radius 3 is 2.36 bits per heavy atom. The predicted molar refractivity (Wildman–Crippen MR) is 98.6 cm³/mol. The van der Waals surface area contributed by atoms with Gasteiger partial charge < -0.3 is 4.98 Å². The summed E-state index contributed by atoms with van der Waals surface area (Å²) in [5.74, 6) is -1.01. The van der Waals surface area contributed by atoms with E-state index in [2.05, 4.69) is 16.0 Å². The van der Waals surface area contributed by atoms with Crippen LogP contribution in [0.1, 0.15) is 33.2 Å². The topological polar surface area (TPSA) is 62.3 Å². The summed E-state index contributed by atoms with van der Waals surface area (Å²) in [5, 5.41) is 1.19. The van der Waals surface area contributed by atoms with Crippen LogP contribution in [-0.2, 0) is 6.42 Å². The molecule has 4 rings (SSSR count). The highest BCUT2D eigenvalue weighted by molar-refractivity contribution is 6.36. The second-order valence-electron chi connectivity index (χ2n) is 6.34. The molecule has 0 saturated carbocycles. The fourth-order valence-electron chi connectivity index (χ4n) is 3.50. The summed E-state index contributed by atoms with van der Waals surface area (Å²) in [7, 11) is 0. The molecule has 0 amide bonds. The van der Waals surface area contributed by atoms with Crippen LogP contribution >= 0.6 is 0 Å². The predicted octanol–water partition coefficient (Wildman–Crippen LogP) is 3.87. The van der Waals surface area contributed by atoms with Crippen LogP contribution in [0.5, 0.6) is 0 Å². The smallest absolute Gasteiger partial charge is 0.180 e. The lowest BCUT2D eigenvalue weighted by Gasteiger charge is -2.06. The van der Waals surface area contributed by atoms with Crippen molar-refractivity contribution in [3.63, 3.8) is 0 Å². The number of carbonyl (C=O) groups excluding carboxylic acids is 2. The first-order chi connectivity index (χ1) is 12.2. The average Bonchev–Trinajstić information content (AvgIpc) is 3.15. The van der Waals surface area contributed by atoms with E-state index in [4.69, 9.17) is 0 Å². The third-order valence-corrected chi connectivity index (χ3v) is 4.82. The highest BCUT2D eigenvalue weighted by Crippen LogP contribution is 2.27. The van der Waals surface area contributed by atoms with E-state index in [9.17, 15) is 9.59 Å². The fourth-order valence-corrected chi connectivity index (χ4v) is 3.50. The molecule has 4 nitrogen and oxygen atoms in total. The number of nitrogens with zero attached hydrogens (tertiary/aromatic N) is 1. The van der Waals surface area contributed by atoms with E-state index in [1.807, 2.05) is 24.4 Å². The van der Waals surface area contributed by atoms with Gasteiger partial charge in [0.2, 0.25) is 0 Å². The minimum atomic E-state index is -0.750. The number of carbonyl (C=O) groups is 2. The third-order valence-electron chi connectivity index (χ3n) is 4.82. The van der Waals surface area contributed by atoms with E-state index >= 15 is 0 Å². The van der Waals surface area contributed by atoms with Crippen molar-refractivity contribution in [2.45, 2.75) is 13.3 Å². The highest BCUT2D eigenvalue weighted by Gasteiger charge is 2.39. The number of H-pyrrole nitrogens is 1. The SMILES string of the molecule is CC(=NCCc1c[nH]c2ccccc12)C1C(=O)c2ccccc2C1=O. The van der Waals surface area contributed by atoms with Crippen molar-refractivity contribution in [2.24, 2.45) is 10.9 Å². The molecule has 0 unspecified atom stereocenters. The molecule has 1 aliphatic carbocycles. The molecule has 0 spiro atoms. The number of para-hydroxylation sites is 1. The summed E-state index contributed by atoms with van der Waals surface area (Å²) in [6.07, 6.45) is 2.76. The molecular weight excluding hydrogens is 312 g/mol. The van der Waals surface area contributed by atoms with E-state index in [0.29, 0.717) is 23.4 Å². The van der Waals surface area contributed by atoms with Gasteiger partial charge in [0.15, 0.2) is 11.6 Å². The van der Waals surface area contributed by atoms with E-state index in [1.165, 1.54) is 10.9 Å². The number of ketones is 2. The van der Waals surface area contributed by atoms with Gasteiger partial charge in [0.1, 0.15) is 5.92 Å². The van der Waals surface area contributed by atoms with Gasteiger partial charge in [-0.15, -0.1) is 0 Å². The molecule has 3 aromatic rings. The molecule has 1 aromatic heterocycles. The number of aromatic amines is 1. The first-order valence-corrected chi connectivity index (χ1v) is 8.40. The van der Waals surface area contributed by atoms with Crippen LogP contribution in [0.2, 0.25) is 0 Å². The minimum Gasteiger partial charge on any atom is -0.361 e. The quantitative estimate of drug-likeness (QED) is 0.583. The lowest BCUT2D eigenvalue weighted by Crippen LogP contribution is -2.23. The molecule has 124 valence electrons. The molecule has 0 aliphatic heterocycles. The largest absolute Gasteiger partial charge is 0.361 e. The zero-order valence-electron chi connectivity index (χ0n) is 14.0. The maximum Gasteiger partial charge on any atom is 0.180 e. The number of benzene rings is 2. The lowest BCUT2D eigenvalue weighted by molar-refractivity contribution is 0.0883. The second kappa shape index (κ2) is 6.13. The van der Waals surface area contributed by atoms with Gasteiger partial charge in [0.25, 0.3) is 0 Å². The van der Waals surface area contributed by atoms with Crippen LogP contribution in [-0.4, -0.2) is 28.8 Å². The Kier molecular flexibility index (Phi) is 3.80. The molecular formula is C21H18N2O2. The van der Waals surface area contributed by atoms with Gasteiger partial charge in [0, 0.05) is 40.5 Å². The lowest BCUT2D eigenvalue weighted by atomic mass is 9.99. The highest BCUT2D eigenvalue weighted by atomic mass is 16.2. The molecule has 2 aromatic carbocycles. The van der Waals surface area contributed by atoms with Crippen LogP contribution in [0.15, 0.2) is 59.7 Å². The molecule has 1 heterocycles. The Bertz CT molecular complexity index is 978. The first-order valence-electron chi connectivity index (χ1n) is 8.40. The molecule has 0 saturated heterocycles. The number of aromatic nitrogens is 1. The van der Waals surface area contributed by atoms with Gasteiger partial charge in [-0.25, -0.2) is 0 Å². The van der Waals surface area contributed by atoms with Gasteiger partial charge in [0.05, 0.1) is 0 Å². The monoisotopic (exact) mass is 330 g/mol. The molecule has 0 atom stereocenters. The number of Topliss-reactive ketones (excluding diaryl/α,β-unsaturated/α-hetero) is 2. The van der Waals surface area contributed by atoms with Crippen molar-refractivity contribution in [2.75, 3.05) is 6.54 Å². The summed E-state index contributed by atoms with van der Waals surface area (Å²) in [4.78, 5) is 32.8. The zero-order valence-corrected chi connectivity index (χ0v) is 14.0. The van der Waals surface area contributed by atoms with Gasteiger partial charge in [-0.2, -0.15) is 0 Å². The van der Waals surface area contributed by atoms with Crippen molar-refractivity contribution >= 4 is 28.2 Å². The molecule has 0 fully saturated rings. The Morgan fingerprint density at radius 2 is 1.64 bits per heavy atom. The number of nitrogens with one attached hydrogen (secondary N) is 1. The summed E-state index contributed by atoms with van der Waals surface area (Å²) in [5.41, 5.74) is 3.94. The van der Waals surface area contributed by atoms with Crippen molar-refractivity contribution in [1.29, 1.82) is 0 Å². The van der Waals surface area contributed by atoms with Crippen LogP contribution in [0.4, 0.5) is 0 Å². The maximum absolute atomic E-state index is 12.5. The zero-order chi connectivity index (χ0) is 17.4. The summed E-state index contributed by atoms with van der Waals surface area (Å²) in [6, 6.07) is 15.1. The normalized spacial score (nSPS) is 15.2. The van der Waals surface area contributed by atoms with Gasteiger partial charge in [-0.1, -0.05) is 42.5 Å². The Hall–Kier alpha value is -3.01. The van der Waals surface area contributed by atoms with E-state index < -0.39 is 5.92 Å². The molecule has 1 aliphatic rings. The number of aliphatic imine (C=N–C) groups is 1. The van der Waals surface area contributed by atoms with Crippen LogP contribution in [0.25, 0.3) is 10.9 Å². The van der Waals surface area contributed by atoms with Crippen LogP contribution in [0, 0.1) is 5.92 Å². The molecule has 0 bridgehead atoms. The Labute approximate surface area is 145 Å². The Balaban J connectivity index is 1.51. The van der Waals surface area contributed by atoms with Gasteiger partial charge in [-0.3, -0.25) is 14.6 Å². The summed E-state index contributed by atoms with van der Waals surface area (Å²) >= 11 is 0. The second-order valence-corrected chi connectivity index (χ2v) is 6.34. The minimum absolute atomic E-state index is 0.131. The number of fused-ring (bicyclic) bond motifs is 2. The number of hydrogen-bond donors (Lipinski definition) is 1. The first kappa shape index (κ1) is 15.5. The van der Waals surface area contributed by atoms with Crippen LogP contribution in [0.3, 0.4) is 0 Å². The standard InChI is InChI=1S/C21H18N2O2/c1-13(19-20(24)16-7-2-3-8-17(16)21(19)25)22-11-10-14-12-23-18-9-5-4-6-15(14)18/h2-9,12,19,23H,10-11H2,1H3. The maximum atomic E-state index is 12.5. The third kappa shape index (κ3) is 2.60.